The van der Waals surface area contributed by atoms with Crippen LogP contribution in [0.15, 0.2) is 36.5 Å². The lowest BCUT2D eigenvalue weighted by Crippen LogP contribution is -2.18. The van der Waals surface area contributed by atoms with Crippen molar-refractivity contribution >= 4 is 22.7 Å². The van der Waals surface area contributed by atoms with Gasteiger partial charge in [-0.05, 0) is 37.0 Å². The van der Waals surface area contributed by atoms with Crippen molar-refractivity contribution in [3.63, 3.8) is 0 Å². The van der Waals surface area contributed by atoms with Crippen LogP contribution < -0.4 is 0 Å². The molecule has 1 aliphatic carbocycles. The highest BCUT2D eigenvalue weighted by Crippen LogP contribution is 2.29. The molecule has 1 fully saturated rings. The van der Waals surface area contributed by atoms with Gasteiger partial charge >= 0.3 is 0 Å². The van der Waals surface area contributed by atoms with Crippen LogP contribution in [-0.4, -0.2) is 27.2 Å². The minimum absolute atomic E-state index is 0.261. The third kappa shape index (κ3) is 3.98. The second-order valence-electron chi connectivity index (χ2n) is 5.94. The number of para-hydroxylation sites is 1. The molecule has 1 aliphatic rings. The molecule has 0 aliphatic heterocycles. The van der Waals surface area contributed by atoms with Crippen LogP contribution in [0.4, 0.5) is 0 Å². The van der Waals surface area contributed by atoms with Gasteiger partial charge in [0.15, 0.2) is 0 Å². The number of benzene rings is 1. The van der Waals surface area contributed by atoms with E-state index in [1.165, 1.54) is 43.1 Å². The van der Waals surface area contributed by atoms with Gasteiger partial charge in [-0.2, -0.15) is 11.8 Å². The molecule has 2 nitrogen and oxygen atoms in total. The lowest BCUT2D eigenvalue weighted by atomic mass is 10.0. The molecule has 1 unspecified atom stereocenters. The van der Waals surface area contributed by atoms with Gasteiger partial charge in [-0.1, -0.05) is 37.5 Å². The molecular formula is C18H23NOS. The monoisotopic (exact) mass is 301 g/mol. The van der Waals surface area contributed by atoms with Crippen LogP contribution in [-0.2, 0) is 6.42 Å². The fraction of sp³-hybridized carbons (Fsp3) is 0.500. The summed E-state index contributed by atoms with van der Waals surface area (Å²) >= 11 is 1.96. The Morgan fingerprint density at radius 3 is 2.81 bits per heavy atom. The zero-order chi connectivity index (χ0) is 14.5. The normalized spacial score (nSPS) is 18.0. The summed E-state index contributed by atoms with van der Waals surface area (Å²) in [5.41, 5.74) is 2.22. The lowest BCUT2D eigenvalue weighted by Gasteiger charge is -2.22. The second kappa shape index (κ2) is 7.28. The number of thioether (sulfide) groups is 1. The van der Waals surface area contributed by atoms with Crippen LogP contribution in [0.1, 0.15) is 37.7 Å². The summed E-state index contributed by atoms with van der Waals surface area (Å²) in [6.45, 7) is 0. The number of aliphatic hydroxyl groups excluding tert-OH is 1. The van der Waals surface area contributed by atoms with Gasteiger partial charge in [-0.3, -0.25) is 4.98 Å². The molecule has 1 aromatic heterocycles. The summed E-state index contributed by atoms with van der Waals surface area (Å²) in [5, 5.41) is 12.3. The molecule has 3 heteroatoms. The van der Waals surface area contributed by atoms with E-state index in [4.69, 9.17) is 0 Å². The number of hydrogen-bond acceptors (Lipinski definition) is 3. The summed E-state index contributed by atoms with van der Waals surface area (Å²) in [7, 11) is 0. The summed E-state index contributed by atoms with van der Waals surface area (Å²) in [4.78, 5) is 4.38. The van der Waals surface area contributed by atoms with Crippen molar-refractivity contribution in [2.24, 2.45) is 0 Å². The lowest BCUT2D eigenvalue weighted by molar-refractivity contribution is 0.200. The zero-order valence-electron chi connectivity index (χ0n) is 12.4. The van der Waals surface area contributed by atoms with E-state index >= 15 is 0 Å². The van der Waals surface area contributed by atoms with E-state index in [1.54, 1.807) is 0 Å². The maximum absolute atomic E-state index is 10.4. The number of nitrogens with zero attached hydrogens (tertiary/aromatic N) is 1. The molecule has 0 saturated heterocycles. The van der Waals surface area contributed by atoms with Crippen molar-refractivity contribution in [3.05, 3.63) is 42.1 Å². The Labute approximate surface area is 131 Å². The van der Waals surface area contributed by atoms with Gasteiger partial charge in [0.05, 0.1) is 11.6 Å². The third-order valence-corrected chi connectivity index (χ3v) is 5.79. The Morgan fingerprint density at radius 2 is 1.95 bits per heavy atom. The van der Waals surface area contributed by atoms with E-state index in [0.29, 0.717) is 0 Å². The highest BCUT2D eigenvalue weighted by Gasteiger charge is 2.16. The molecular weight excluding hydrogens is 278 g/mol. The van der Waals surface area contributed by atoms with Crippen molar-refractivity contribution < 1.29 is 5.11 Å². The predicted molar refractivity (Wildman–Crippen MR) is 90.8 cm³/mol. The van der Waals surface area contributed by atoms with Crippen LogP contribution in [0.5, 0.6) is 0 Å². The van der Waals surface area contributed by atoms with Gasteiger partial charge < -0.3 is 5.11 Å². The Kier molecular flexibility index (Phi) is 5.15. The molecule has 21 heavy (non-hydrogen) atoms. The number of fused-ring (bicyclic) bond motifs is 1. The highest BCUT2D eigenvalue weighted by molar-refractivity contribution is 7.99. The van der Waals surface area contributed by atoms with Crippen molar-refractivity contribution in [3.8, 4) is 0 Å². The van der Waals surface area contributed by atoms with Gasteiger partial charge in [0.25, 0.3) is 0 Å². The van der Waals surface area contributed by atoms with Crippen molar-refractivity contribution in [1.29, 1.82) is 0 Å². The first-order chi connectivity index (χ1) is 10.3. The first-order valence-corrected chi connectivity index (χ1v) is 9.00. The van der Waals surface area contributed by atoms with Gasteiger partial charge in [-0.15, -0.1) is 0 Å². The predicted octanol–water partition coefficient (Wildman–Crippen LogP) is 4.20. The Morgan fingerprint density at radius 1 is 1.14 bits per heavy atom. The van der Waals surface area contributed by atoms with Gasteiger partial charge in [0.2, 0.25) is 0 Å². The average molecular weight is 301 g/mol. The van der Waals surface area contributed by atoms with Crippen LogP contribution in [0.2, 0.25) is 0 Å². The van der Waals surface area contributed by atoms with E-state index in [1.807, 2.05) is 42.2 Å². The van der Waals surface area contributed by atoms with E-state index < -0.39 is 0 Å². The molecule has 1 saturated carbocycles. The maximum atomic E-state index is 10.4. The van der Waals surface area contributed by atoms with Crippen molar-refractivity contribution in [2.75, 3.05) is 5.75 Å². The summed E-state index contributed by atoms with van der Waals surface area (Å²) < 4.78 is 0. The molecule has 1 heterocycles. The topological polar surface area (TPSA) is 33.1 Å². The fourth-order valence-electron chi connectivity index (χ4n) is 3.12. The van der Waals surface area contributed by atoms with Crippen LogP contribution in [0.3, 0.4) is 0 Å². The van der Waals surface area contributed by atoms with Gasteiger partial charge in [0, 0.05) is 22.6 Å². The molecule has 2 aromatic rings. The first kappa shape index (κ1) is 14.9. The Balaban J connectivity index is 1.59. The molecule has 1 atom stereocenters. The van der Waals surface area contributed by atoms with Gasteiger partial charge in [-0.25, -0.2) is 0 Å². The SMILES string of the molecule is OC(CSC1CCCCC1)Cc1ccnc2ccccc12. The minimum Gasteiger partial charge on any atom is -0.392 e. The van der Waals surface area contributed by atoms with E-state index in [0.717, 1.165) is 22.9 Å². The highest BCUT2D eigenvalue weighted by atomic mass is 32.2. The third-order valence-electron chi connectivity index (χ3n) is 4.27. The number of pyridine rings is 1. The number of aromatic nitrogens is 1. The molecule has 112 valence electrons. The van der Waals surface area contributed by atoms with Crippen molar-refractivity contribution in [2.45, 2.75) is 49.9 Å². The van der Waals surface area contributed by atoms with Crippen LogP contribution in [0, 0.1) is 0 Å². The van der Waals surface area contributed by atoms with Crippen molar-refractivity contribution in [1.82, 2.24) is 4.98 Å². The summed E-state index contributed by atoms with van der Waals surface area (Å²) in [5.74, 6) is 0.849. The fourth-order valence-corrected chi connectivity index (χ4v) is 4.40. The minimum atomic E-state index is -0.261. The average Bonchev–Trinajstić information content (AvgIpc) is 2.54. The smallest absolute Gasteiger partial charge is 0.0704 e. The largest absolute Gasteiger partial charge is 0.392 e. The van der Waals surface area contributed by atoms with Gasteiger partial charge in [0.1, 0.15) is 0 Å². The maximum Gasteiger partial charge on any atom is 0.0704 e. The molecule has 0 radical (unpaired) electrons. The molecule has 1 aromatic carbocycles. The van der Waals surface area contributed by atoms with Crippen LogP contribution >= 0.6 is 11.8 Å². The van der Waals surface area contributed by atoms with E-state index in [2.05, 4.69) is 11.1 Å². The first-order valence-electron chi connectivity index (χ1n) is 7.95. The molecule has 0 spiro atoms. The standard InChI is InChI=1S/C18H23NOS/c20-15(13-21-16-6-2-1-3-7-16)12-14-10-11-19-18-9-5-4-8-17(14)18/h4-5,8-11,15-16,20H,1-3,6-7,12-13H2. The Hall–Kier alpha value is -1.06. The number of aliphatic hydroxyl groups is 1. The molecule has 1 N–H and O–H groups in total. The van der Waals surface area contributed by atoms with Crippen LogP contribution in [0.25, 0.3) is 10.9 Å². The van der Waals surface area contributed by atoms with E-state index in [-0.39, 0.29) is 6.10 Å². The summed E-state index contributed by atoms with van der Waals surface area (Å²) in [6, 6.07) is 10.2. The number of rotatable bonds is 5. The second-order valence-corrected chi connectivity index (χ2v) is 7.27. The van der Waals surface area contributed by atoms with E-state index in [9.17, 15) is 5.11 Å². The summed E-state index contributed by atoms with van der Waals surface area (Å²) in [6.07, 6.45) is 9.09. The Bertz CT molecular complexity index is 575. The number of hydrogen-bond donors (Lipinski definition) is 1. The molecule has 0 amide bonds. The zero-order valence-corrected chi connectivity index (χ0v) is 13.2. The quantitative estimate of drug-likeness (QED) is 0.898. The molecule has 0 bridgehead atoms. The molecule has 3 rings (SSSR count).